The number of hydrogen-bond donors (Lipinski definition) is 2. The number of thioether (sulfide) groups is 1. The number of pyridine rings is 1. The molecule has 1 rings (SSSR count). The highest BCUT2D eigenvalue weighted by atomic mass is 32.2. The van der Waals surface area contributed by atoms with Crippen molar-refractivity contribution < 1.29 is 4.79 Å². The molecule has 13 heavy (non-hydrogen) atoms. The van der Waals surface area contributed by atoms with Gasteiger partial charge < -0.3 is 5.73 Å². The van der Waals surface area contributed by atoms with E-state index in [-0.39, 0.29) is 5.12 Å². The summed E-state index contributed by atoms with van der Waals surface area (Å²) in [5, 5.41) is 0.568. The number of aromatic nitrogens is 1. The molecule has 0 aromatic carbocycles. The van der Waals surface area contributed by atoms with E-state index >= 15 is 0 Å². The second-order valence-electron chi connectivity index (χ2n) is 2.38. The van der Waals surface area contributed by atoms with Crippen molar-refractivity contribution in [3.8, 4) is 0 Å². The molecule has 3 nitrogen and oxygen atoms in total. The van der Waals surface area contributed by atoms with Crippen LogP contribution < -0.4 is 5.73 Å². The maximum absolute atomic E-state index is 11.3. The zero-order chi connectivity index (χ0) is 9.68. The van der Waals surface area contributed by atoms with Crippen LogP contribution in [-0.4, -0.2) is 21.9 Å². The van der Waals surface area contributed by atoms with Crippen LogP contribution in [0.5, 0.6) is 0 Å². The lowest BCUT2D eigenvalue weighted by molar-refractivity contribution is -0.111. The Balaban J connectivity index is 2.55. The molecule has 0 aliphatic rings. The maximum Gasteiger partial charge on any atom is 0.212 e. The summed E-state index contributed by atoms with van der Waals surface area (Å²) in [7, 11) is 0. The van der Waals surface area contributed by atoms with Crippen molar-refractivity contribution in [2.24, 2.45) is 5.73 Å². The van der Waals surface area contributed by atoms with Crippen molar-refractivity contribution >= 4 is 29.5 Å². The Morgan fingerprint density at radius 1 is 1.69 bits per heavy atom. The second-order valence-corrected chi connectivity index (χ2v) is 3.77. The van der Waals surface area contributed by atoms with Gasteiger partial charge in [0.05, 0.1) is 6.04 Å². The third kappa shape index (κ3) is 3.38. The topological polar surface area (TPSA) is 56.0 Å². The first-order valence-corrected chi connectivity index (χ1v) is 5.18. The Morgan fingerprint density at radius 2 is 2.46 bits per heavy atom. The van der Waals surface area contributed by atoms with E-state index in [0.717, 1.165) is 11.8 Å². The minimum atomic E-state index is -0.518. The largest absolute Gasteiger partial charge is 0.320 e. The van der Waals surface area contributed by atoms with Gasteiger partial charge in [0.25, 0.3) is 0 Å². The van der Waals surface area contributed by atoms with Crippen molar-refractivity contribution in [1.29, 1.82) is 0 Å². The maximum atomic E-state index is 11.3. The van der Waals surface area contributed by atoms with Crippen LogP contribution in [-0.2, 0) is 4.79 Å². The molecule has 0 saturated carbocycles. The first-order valence-electron chi connectivity index (χ1n) is 3.73. The Morgan fingerprint density at radius 3 is 3.00 bits per heavy atom. The van der Waals surface area contributed by atoms with Crippen LogP contribution in [0.4, 0.5) is 0 Å². The predicted octanol–water partition coefficient (Wildman–Crippen LogP) is 0.957. The summed E-state index contributed by atoms with van der Waals surface area (Å²) in [6.07, 6.45) is 1.64. The zero-order valence-corrected chi connectivity index (χ0v) is 8.59. The second kappa shape index (κ2) is 5.26. The molecule has 5 heteroatoms. The lowest BCUT2D eigenvalue weighted by Gasteiger charge is -2.04. The van der Waals surface area contributed by atoms with E-state index in [2.05, 4.69) is 17.6 Å². The summed E-state index contributed by atoms with van der Waals surface area (Å²) >= 11 is 4.99. The SMILES string of the molecule is N[C@@H](CS)C(=O)Sc1ccccn1. The van der Waals surface area contributed by atoms with E-state index in [9.17, 15) is 4.79 Å². The standard InChI is InChI=1S/C8H10N2OS2/c9-6(5-12)8(11)13-7-3-1-2-4-10-7/h1-4,6,12H,5,9H2/t6-/m0/s1. The van der Waals surface area contributed by atoms with Gasteiger partial charge in [0.15, 0.2) is 0 Å². The zero-order valence-electron chi connectivity index (χ0n) is 6.88. The van der Waals surface area contributed by atoms with Gasteiger partial charge in [-0.1, -0.05) is 6.07 Å². The summed E-state index contributed by atoms with van der Waals surface area (Å²) in [4.78, 5) is 15.3. The molecule has 0 aliphatic heterocycles. The van der Waals surface area contributed by atoms with Crippen LogP contribution in [0.2, 0.25) is 0 Å². The molecule has 70 valence electrons. The number of carbonyl (C=O) groups is 1. The number of carbonyl (C=O) groups excluding carboxylic acids is 1. The van der Waals surface area contributed by atoms with E-state index in [1.54, 1.807) is 18.3 Å². The molecule has 0 radical (unpaired) electrons. The lowest BCUT2D eigenvalue weighted by Crippen LogP contribution is -2.29. The molecule has 0 unspecified atom stereocenters. The summed E-state index contributed by atoms with van der Waals surface area (Å²) in [5.74, 6) is 0.360. The van der Waals surface area contributed by atoms with Gasteiger partial charge in [-0.05, 0) is 23.9 Å². The molecule has 0 bridgehead atoms. The van der Waals surface area contributed by atoms with Gasteiger partial charge in [0.2, 0.25) is 5.12 Å². The average molecular weight is 214 g/mol. The molecule has 1 heterocycles. The quantitative estimate of drug-likeness (QED) is 0.581. The van der Waals surface area contributed by atoms with Gasteiger partial charge in [0.1, 0.15) is 5.03 Å². The Kier molecular flexibility index (Phi) is 4.27. The number of hydrogen-bond acceptors (Lipinski definition) is 5. The van der Waals surface area contributed by atoms with E-state index in [4.69, 9.17) is 5.73 Å². The fraction of sp³-hybridized carbons (Fsp3) is 0.250. The third-order valence-corrected chi connectivity index (χ3v) is 2.69. The van der Waals surface area contributed by atoms with Crippen LogP contribution in [0, 0.1) is 0 Å². The fourth-order valence-corrected chi connectivity index (χ4v) is 1.65. The molecule has 0 fully saturated rings. The molecule has 1 aromatic rings. The number of rotatable bonds is 3. The molecule has 1 aromatic heterocycles. The number of thiol groups is 1. The van der Waals surface area contributed by atoms with Gasteiger partial charge in [-0.25, -0.2) is 4.98 Å². The highest BCUT2D eigenvalue weighted by Crippen LogP contribution is 2.16. The first-order chi connectivity index (χ1) is 6.24. The number of nitrogens with two attached hydrogens (primary N) is 1. The Labute approximate surface area is 86.5 Å². The fourth-order valence-electron chi connectivity index (χ4n) is 0.661. The predicted molar refractivity (Wildman–Crippen MR) is 56.9 cm³/mol. The van der Waals surface area contributed by atoms with E-state index in [1.165, 1.54) is 0 Å². The number of nitrogens with zero attached hydrogens (tertiary/aromatic N) is 1. The monoisotopic (exact) mass is 214 g/mol. The summed E-state index contributed by atoms with van der Waals surface area (Å²) < 4.78 is 0. The van der Waals surface area contributed by atoms with Crippen LogP contribution in [0.15, 0.2) is 29.4 Å². The molecular formula is C8H10N2OS2. The average Bonchev–Trinajstić information content (AvgIpc) is 2.18. The molecule has 0 amide bonds. The van der Waals surface area contributed by atoms with Crippen molar-refractivity contribution in [3.63, 3.8) is 0 Å². The van der Waals surface area contributed by atoms with Gasteiger partial charge in [-0.2, -0.15) is 12.6 Å². The molecule has 0 spiro atoms. The van der Waals surface area contributed by atoms with Gasteiger partial charge in [-0.3, -0.25) is 4.79 Å². The van der Waals surface area contributed by atoms with Crippen molar-refractivity contribution in [2.45, 2.75) is 11.1 Å². The first kappa shape index (κ1) is 10.6. The lowest BCUT2D eigenvalue weighted by atomic mass is 10.4. The Hall–Kier alpha value is -0.520. The van der Waals surface area contributed by atoms with E-state index in [1.807, 2.05) is 6.07 Å². The van der Waals surface area contributed by atoms with Gasteiger partial charge in [-0.15, -0.1) is 0 Å². The molecule has 0 aliphatic carbocycles. The van der Waals surface area contributed by atoms with Gasteiger partial charge in [0, 0.05) is 11.9 Å². The van der Waals surface area contributed by atoms with E-state index in [0.29, 0.717) is 10.8 Å². The smallest absolute Gasteiger partial charge is 0.212 e. The highest BCUT2D eigenvalue weighted by Gasteiger charge is 2.13. The molecule has 0 saturated heterocycles. The minimum Gasteiger partial charge on any atom is -0.320 e. The molecule has 1 atom stereocenters. The molecular weight excluding hydrogens is 204 g/mol. The van der Waals surface area contributed by atoms with E-state index < -0.39 is 6.04 Å². The highest BCUT2D eigenvalue weighted by molar-refractivity contribution is 8.13. The van der Waals surface area contributed by atoms with Crippen molar-refractivity contribution in [2.75, 3.05) is 5.75 Å². The summed E-state index contributed by atoms with van der Waals surface area (Å²) in [6.45, 7) is 0. The van der Waals surface area contributed by atoms with Crippen LogP contribution in [0.3, 0.4) is 0 Å². The summed E-state index contributed by atoms with van der Waals surface area (Å²) in [5.41, 5.74) is 5.49. The van der Waals surface area contributed by atoms with Crippen molar-refractivity contribution in [3.05, 3.63) is 24.4 Å². The Bertz CT molecular complexity index is 279. The van der Waals surface area contributed by atoms with Crippen LogP contribution in [0.25, 0.3) is 0 Å². The van der Waals surface area contributed by atoms with Crippen LogP contribution in [0.1, 0.15) is 0 Å². The normalized spacial score (nSPS) is 12.5. The molecule has 2 N–H and O–H groups in total. The van der Waals surface area contributed by atoms with Crippen LogP contribution >= 0.6 is 24.4 Å². The third-order valence-electron chi connectivity index (χ3n) is 1.34. The van der Waals surface area contributed by atoms with Gasteiger partial charge >= 0.3 is 0 Å². The minimum absolute atomic E-state index is 0.103. The van der Waals surface area contributed by atoms with Crippen molar-refractivity contribution in [1.82, 2.24) is 4.98 Å². The summed E-state index contributed by atoms with van der Waals surface area (Å²) in [6, 6.07) is 4.88.